The van der Waals surface area contributed by atoms with Crippen molar-refractivity contribution in [1.82, 2.24) is 0 Å². The van der Waals surface area contributed by atoms with E-state index in [1.807, 2.05) is 6.92 Å². The Morgan fingerprint density at radius 2 is 1.70 bits per heavy atom. The maximum atomic E-state index is 12.9. The summed E-state index contributed by atoms with van der Waals surface area (Å²) in [5, 5.41) is 3.29. The number of nitrogens with one attached hydrogen (secondary N) is 2. The maximum absolute atomic E-state index is 12.9. The Kier molecular flexibility index (Phi) is 6.59. The molecule has 0 spiro atoms. The molecule has 0 atom stereocenters. The molecule has 0 fully saturated rings. The van der Waals surface area contributed by atoms with Gasteiger partial charge in [0, 0.05) is 16.4 Å². The summed E-state index contributed by atoms with van der Waals surface area (Å²) < 4.78 is 45.5. The first-order valence-electron chi connectivity index (χ1n) is 8.80. The molecular weight excluding hydrogens is 431 g/mol. The second-order valence-electron chi connectivity index (χ2n) is 6.38. The van der Waals surface area contributed by atoms with Gasteiger partial charge in [-0.2, -0.15) is 0 Å². The van der Waals surface area contributed by atoms with Crippen molar-refractivity contribution in [2.24, 2.45) is 0 Å². The number of carbonyl (C=O) groups is 1. The van der Waals surface area contributed by atoms with Gasteiger partial charge in [0.1, 0.15) is 11.6 Å². The van der Waals surface area contributed by atoms with Crippen LogP contribution in [0.4, 0.5) is 15.8 Å². The van der Waals surface area contributed by atoms with Crippen molar-refractivity contribution in [2.45, 2.75) is 11.8 Å². The molecule has 0 unspecified atom stereocenters. The number of hydrogen-bond acceptors (Lipinski definition) is 4. The highest BCUT2D eigenvalue weighted by Crippen LogP contribution is 2.21. The molecule has 0 bridgehead atoms. The lowest BCUT2D eigenvalue weighted by molar-refractivity contribution is -0.118. The summed E-state index contributed by atoms with van der Waals surface area (Å²) in [6.07, 6.45) is 0. The van der Waals surface area contributed by atoms with Crippen LogP contribution < -0.4 is 14.8 Å². The average Bonchev–Trinajstić information content (AvgIpc) is 2.70. The first-order chi connectivity index (χ1) is 14.2. The van der Waals surface area contributed by atoms with Crippen LogP contribution in [-0.4, -0.2) is 20.9 Å². The van der Waals surface area contributed by atoms with E-state index in [9.17, 15) is 17.6 Å². The number of benzene rings is 3. The first-order valence-corrected chi connectivity index (χ1v) is 10.7. The van der Waals surface area contributed by atoms with E-state index in [0.717, 1.165) is 17.7 Å². The Labute approximate surface area is 178 Å². The molecule has 30 heavy (non-hydrogen) atoms. The second kappa shape index (κ2) is 9.15. The molecular formula is C21H18ClFN2O4S. The van der Waals surface area contributed by atoms with Crippen molar-refractivity contribution in [2.75, 3.05) is 16.6 Å². The van der Waals surface area contributed by atoms with Gasteiger partial charge in [-0.25, -0.2) is 12.8 Å². The Hall–Kier alpha value is -3.10. The number of anilines is 2. The first kappa shape index (κ1) is 21.6. The lowest BCUT2D eigenvalue weighted by Crippen LogP contribution is -2.20. The van der Waals surface area contributed by atoms with E-state index in [1.165, 1.54) is 36.4 Å². The molecule has 0 aliphatic carbocycles. The van der Waals surface area contributed by atoms with E-state index in [0.29, 0.717) is 16.5 Å². The summed E-state index contributed by atoms with van der Waals surface area (Å²) in [5.74, 6) is -0.497. The van der Waals surface area contributed by atoms with Crippen LogP contribution in [0, 0.1) is 12.7 Å². The number of sulfonamides is 1. The summed E-state index contributed by atoms with van der Waals surface area (Å²) in [4.78, 5) is 12.1. The SMILES string of the molecule is Cc1cc(Cl)ccc1NC(=O)COc1ccc(S(=O)(=O)Nc2ccc(F)cc2)cc1. The van der Waals surface area contributed by atoms with Gasteiger partial charge in [-0.05, 0) is 79.2 Å². The zero-order valence-corrected chi connectivity index (χ0v) is 17.4. The number of halogens is 2. The molecule has 3 rings (SSSR count). The highest BCUT2D eigenvalue weighted by Gasteiger charge is 2.14. The van der Waals surface area contributed by atoms with Crippen LogP contribution in [0.25, 0.3) is 0 Å². The van der Waals surface area contributed by atoms with Crippen LogP contribution in [0.3, 0.4) is 0 Å². The van der Waals surface area contributed by atoms with E-state index >= 15 is 0 Å². The number of ether oxygens (including phenoxy) is 1. The van der Waals surface area contributed by atoms with E-state index in [4.69, 9.17) is 16.3 Å². The molecule has 6 nitrogen and oxygen atoms in total. The molecule has 0 radical (unpaired) electrons. The molecule has 0 saturated heterocycles. The van der Waals surface area contributed by atoms with E-state index in [-0.39, 0.29) is 23.1 Å². The molecule has 3 aromatic rings. The minimum absolute atomic E-state index is 0.000385. The van der Waals surface area contributed by atoms with Crippen molar-refractivity contribution in [3.05, 3.63) is 83.1 Å². The fourth-order valence-corrected chi connectivity index (χ4v) is 3.83. The van der Waals surface area contributed by atoms with Gasteiger partial charge in [0.15, 0.2) is 6.61 Å². The molecule has 156 valence electrons. The van der Waals surface area contributed by atoms with Crippen molar-refractivity contribution in [3.8, 4) is 5.75 Å². The van der Waals surface area contributed by atoms with Crippen LogP contribution in [-0.2, 0) is 14.8 Å². The topological polar surface area (TPSA) is 84.5 Å². The summed E-state index contributed by atoms with van der Waals surface area (Å²) in [6.45, 7) is 1.57. The number of aryl methyl sites for hydroxylation is 1. The minimum Gasteiger partial charge on any atom is -0.484 e. The Balaban J connectivity index is 1.58. The number of rotatable bonds is 7. The van der Waals surface area contributed by atoms with E-state index in [2.05, 4.69) is 10.0 Å². The van der Waals surface area contributed by atoms with Crippen LogP contribution in [0.5, 0.6) is 5.75 Å². The van der Waals surface area contributed by atoms with Crippen molar-refractivity contribution < 1.29 is 22.3 Å². The fourth-order valence-electron chi connectivity index (χ4n) is 2.55. The zero-order valence-electron chi connectivity index (χ0n) is 15.9. The van der Waals surface area contributed by atoms with Gasteiger partial charge in [-0.3, -0.25) is 9.52 Å². The van der Waals surface area contributed by atoms with Gasteiger partial charge in [-0.1, -0.05) is 11.6 Å². The third-order valence-corrected chi connectivity index (χ3v) is 5.70. The third-order valence-electron chi connectivity index (χ3n) is 4.06. The molecule has 1 amide bonds. The number of amides is 1. The molecule has 0 heterocycles. The summed E-state index contributed by atoms with van der Waals surface area (Å²) >= 11 is 5.89. The summed E-state index contributed by atoms with van der Waals surface area (Å²) in [6, 6.07) is 15.7. The molecule has 0 aliphatic rings. The van der Waals surface area contributed by atoms with Gasteiger partial charge in [0.25, 0.3) is 15.9 Å². The monoisotopic (exact) mass is 448 g/mol. The van der Waals surface area contributed by atoms with Crippen LogP contribution in [0.2, 0.25) is 5.02 Å². The van der Waals surface area contributed by atoms with Gasteiger partial charge in [-0.15, -0.1) is 0 Å². The smallest absolute Gasteiger partial charge is 0.262 e. The molecule has 2 N–H and O–H groups in total. The fraction of sp³-hybridized carbons (Fsp3) is 0.0952. The maximum Gasteiger partial charge on any atom is 0.262 e. The second-order valence-corrected chi connectivity index (χ2v) is 8.50. The molecule has 0 saturated carbocycles. The standard InChI is InChI=1S/C21H18ClFN2O4S/c1-14-12-15(22)2-11-20(14)24-21(26)13-29-18-7-9-19(10-8-18)30(27,28)25-17-5-3-16(23)4-6-17/h2-12,25H,13H2,1H3,(H,24,26). The largest absolute Gasteiger partial charge is 0.484 e. The highest BCUT2D eigenvalue weighted by atomic mass is 35.5. The summed E-state index contributed by atoms with van der Waals surface area (Å²) in [5.41, 5.74) is 1.69. The molecule has 3 aromatic carbocycles. The lowest BCUT2D eigenvalue weighted by Gasteiger charge is -2.11. The minimum atomic E-state index is -3.84. The predicted octanol–water partition coefficient (Wildman–Crippen LogP) is 4.61. The number of carbonyl (C=O) groups excluding carboxylic acids is 1. The van der Waals surface area contributed by atoms with Crippen LogP contribution in [0.15, 0.2) is 71.6 Å². The number of hydrogen-bond donors (Lipinski definition) is 2. The third kappa shape index (κ3) is 5.71. The quantitative estimate of drug-likeness (QED) is 0.553. The van der Waals surface area contributed by atoms with E-state index in [1.54, 1.807) is 18.2 Å². The molecule has 9 heteroatoms. The predicted molar refractivity (Wildman–Crippen MR) is 114 cm³/mol. The Bertz CT molecular complexity index is 1150. The van der Waals surface area contributed by atoms with E-state index < -0.39 is 15.8 Å². The average molecular weight is 449 g/mol. The Morgan fingerprint density at radius 1 is 1.03 bits per heavy atom. The van der Waals surface area contributed by atoms with Gasteiger partial charge < -0.3 is 10.1 Å². The summed E-state index contributed by atoms with van der Waals surface area (Å²) in [7, 11) is -3.84. The van der Waals surface area contributed by atoms with Gasteiger partial charge in [0.05, 0.1) is 4.90 Å². The van der Waals surface area contributed by atoms with Crippen molar-refractivity contribution in [3.63, 3.8) is 0 Å². The van der Waals surface area contributed by atoms with Crippen molar-refractivity contribution in [1.29, 1.82) is 0 Å². The van der Waals surface area contributed by atoms with Gasteiger partial charge in [0.2, 0.25) is 0 Å². The Morgan fingerprint density at radius 3 is 2.33 bits per heavy atom. The molecule has 0 aliphatic heterocycles. The van der Waals surface area contributed by atoms with Crippen LogP contribution in [0.1, 0.15) is 5.56 Å². The zero-order chi connectivity index (χ0) is 21.7. The van der Waals surface area contributed by atoms with Gasteiger partial charge >= 0.3 is 0 Å². The molecule has 0 aromatic heterocycles. The normalized spacial score (nSPS) is 11.0. The van der Waals surface area contributed by atoms with Crippen LogP contribution >= 0.6 is 11.6 Å². The van der Waals surface area contributed by atoms with Crippen molar-refractivity contribution >= 4 is 38.9 Å². The highest BCUT2D eigenvalue weighted by molar-refractivity contribution is 7.92. The lowest BCUT2D eigenvalue weighted by atomic mass is 10.2.